The molecular weight excluding hydrogens is 452 g/mol. The molecule has 0 bridgehead atoms. The molecule has 0 aliphatic carbocycles. The maximum absolute atomic E-state index is 14.7. The molecule has 1 saturated heterocycles. The van der Waals surface area contributed by atoms with Gasteiger partial charge in [-0.2, -0.15) is 18.2 Å². The highest BCUT2D eigenvalue weighted by molar-refractivity contribution is 5.91. The molecule has 4 rings (SSSR count). The fourth-order valence-corrected chi connectivity index (χ4v) is 4.21. The van der Waals surface area contributed by atoms with Crippen molar-refractivity contribution in [3.8, 4) is 11.1 Å². The topological polar surface area (TPSA) is 83.0 Å². The van der Waals surface area contributed by atoms with Crippen LogP contribution in [0.2, 0.25) is 0 Å². The van der Waals surface area contributed by atoms with Gasteiger partial charge in [0.15, 0.2) is 5.65 Å². The SMILES string of the molecule is CNc1ncc2cc(-c3cc(NC(=O)N4CCC(CC(F)(F)F)C4)c(F)cc3C)c(C)nc2n1. The number of fused-ring (bicyclic) bond motifs is 1. The second-order valence-electron chi connectivity index (χ2n) is 8.47. The third-order valence-corrected chi connectivity index (χ3v) is 5.92. The van der Waals surface area contributed by atoms with Crippen molar-refractivity contribution in [2.45, 2.75) is 32.9 Å². The van der Waals surface area contributed by atoms with Gasteiger partial charge >= 0.3 is 12.2 Å². The Balaban J connectivity index is 1.59. The maximum Gasteiger partial charge on any atom is 0.389 e. The Labute approximate surface area is 193 Å². The number of urea groups is 1. The van der Waals surface area contributed by atoms with E-state index in [0.29, 0.717) is 33.8 Å². The van der Waals surface area contributed by atoms with Gasteiger partial charge in [-0.15, -0.1) is 0 Å². The third-order valence-electron chi connectivity index (χ3n) is 5.92. The summed E-state index contributed by atoms with van der Waals surface area (Å²) in [6, 6.07) is 4.06. The number of rotatable bonds is 4. The Morgan fingerprint density at radius 1 is 1.18 bits per heavy atom. The number of aromatic nitrogens is 3. The summed E-state index contributed by atoms with van der Waals surface area (Å²) in [4.78, 5) is 27.0. The molecule has 0 spiro atoms. The van der Waals surface area contributed by atoms with Gasteiger partial charge in [-0.25, -0.2) is 19.2 Å². The van der Waals surface area contributed by atoms with Gasteiger partial charge in [-0.05, 0) is 55.5 Å². The van der Waals surface area contributed by atoms with Crippen LogP contribution < -0.4 is 10.6 Å². The van der Waals surface area contributed by atoms with Gasteiger partial charge in [0, 0.05) is 49.4 Å². The summed E-state index contributed by atoms with van der Waals surface area (Å²) < 4.78 is 52.7. The van der Waals surface area contributed by atoms with Crippen LogP contribution in [0.1, 0.15) is 24.1 Å². The van der Waals surface area contributed by atoms with Crippen LogP contribution in [0.5, 0.6) is 0 Å². The number of anilines is 2. The zero-order chi connectivity index (χ0) is 24.6. The van der Waals surface area contributed by atoms with Crippen molar-refractivity contribution >= 4 is 28.7 Å². The second kappa shape index (κ2) is 9.03. The van der Waals surface area contributed by atoms with Crippen molar-refractivity contribution in [2.24, 2.45) is 5.92 Å². The van der Waals surface area contributed by atoms with Crippen LogP contribution in [0.25, 0.3) is 22.2 Å². The lowest BCUT2D eigenvalue weighted by atomic mass is 9.97. The molecule has 1 aromatic carbocycles. The zero-order valence-corrected chi connectivity index (χ0v) is 18.9. The van der Waals surface area contributed by atoms with E-state index in [1.807, 2.05) is 13.0 Å². The van der Waals surface area contributed by atoms with Gasteiger partial charge < -0.3 is 15.5 Å². The Bertz CT molecular complexity index is 1250. The number of benzene rings is 1. The smallest absolute Gasteiger partial charge is 0.357 e. The summed E-state index contributed by atoms with van der Waals surface area (Å²) in [7, 11) is 1.71. The fraction of sp³-hybridized carbons (Fsp3) is 0.391. The van der Waals surface area contributed by atoms with E-state index in [1.165, 1.54) is 17.0 Å². The number of nitrogens with zero attached hydrogens (tertiary/aromatic N) is 4. The van der Waals surface area contributed by atoms with Gasteiger partial charge in [0.05, 0.1) is 5.69 Å². The quantitative estimate of drug-likeness (QED) is 0.500. The summed E-state index contributed by atoms with van der Waals surface area (Å²) in [6.45, 7) is 3.72. The number of likely N-dealkylation sites (tertiary alicyclic amines) is 1. The Morgan fingerprint density at radius 2 is 1.94 bits per heavy atom. The first kappa shape index (κ1) is 23.7. The minimum atomic E-state index is -4.28. The summed E-state index contributed by atoms with van der Waals surface area (Å²) in [5, 5.41) is 6.08. The minimum absolute atomic E-state index is 0.0199. The average Bonchev–Trinajstić information content (AvgIpc) is 3.21. The number of pyridine rings is 1. The third kappa shape index (κ3) is 5.02. The number of aryl methyl sites for hydroxylation is 2. The van der Waals surface area contributed by atoms with E-state index >= 15 is 0 Å². The molecule has 3 aromatic rings. The maximum atomic E-state index is 14.7. The van der Waals surface area contributed by atoms with Crippen molar-refractivity contribution in [1.29, 1.82) is 0 Å². The first-order valence-corrected chi connectivity index (χ1v) is 10.8. The molecule has 0 saturated carbocycles. The highest BCUT2D eigenvalue weighted by Crippen LogP contribution is 2.33. The first-order valence-electron chi connectivity index (χ1n) is 10.8. The molecule has 3 heterocycles. The van der Waals surface area contributed by atoms with Crippen LogP contribution in [0, 0.1) is 25.6 Å². The zero-order valence-electron chi connectivity index (χ0n) is 18.9. The number of alkyl halides is 3. The molecule has 7 nitrogen and oxygen atoms in total. The van der Waals surface area contributed by atoms with E-state index in [1.54, 1.807) is 20.2 Å². The summed E-state index contributed by atoms with van der Waals surface area (Å²) in [6.07, 6.45) is -3.32. The molecule has 180 valence electrons. The van der Waals surface area contributed by atoms with Crippen LogP contribution in [0.3, 0.4) is 0 Å². The molecule has 2 amide bonds. The van der Waals surface area contributed by atoms with Crippen molar-refractivity contribution in [3.63, 3.8) is 0 Å². The van der Waals surface area contributed by atoms with Crippen molar-refractivity contribution in [1.82, 2.24) is 19.9 Å². The number of carbonyl (C=O) groups excluding carboxylic acids is 1. The molecule has 1 unspecified atom stereocenters. The number of amides is 2. The Morgan fingerprint density at radius 3 is 2.65 bits per heavy atom. The largest absolute Gasteiger partial charge is 0.389 e. The van der Waals surface area contributed by atoms with Crippen LogP contribution in [0.15, 0.2) is 24.4 Å². The lowest BCUT2D eigenvalue weighted by molar-refractivity contribution is -0.143. The molecule has 2 N–H and O–H groups in total. The van der Waals surface area contributed by atoms with Gasteiger partial charge in [0.25, 0.3) is 0 Å². The van der Waals surface area contributed by atoms with Gasteiger partial charge in [0.1, 0.15) is 5.82 Å². The van der Waals surface area contributed by atoms with Crippen LogP contribution in [-0.2, 0) is 0 Å². The Hall–Kier alpha value is -3.50. The van der Waals surface area contributed by atoms with Crippen LogP contribution >= 0.6 is 0 Å². The molecule has 1 aliphatic rings. The first-order chi connectivity index (χ1) is 16.0. The number of hydrogen-bond acceptors (Lipinski definition) is 5. The van der Waals surface area contributed by atoms with E-state index in [4.69, 9.17) is 0 Å². The summed E-state index contributed by atoms with van der Waals surface area (Å²) >= 11 is 0. The van der Waals surface area contributed by atoms with E-state index in [9.17, 15) is 22.4 Å². The molecule has 0 radical (unpaired) electrons. The van der Waals surface area contributed by atoms with E-state index in [-0.39, 0.29) is 25.2 Å². The Kier molecular flexibility index (Phi) is 6.28. The van der Waals surface area contributed by atoms with E-state index < -0.39 is 30.4 Å². The molecule has 1 atom stereocenters. The summed E-state index contributed by atoms with van der Waals surface area (Å²) in [5.41, 5.74) is 3.15. The summed E-state index contributed by atoms with van der Waals surface area (Å²) in [5.74, 6) is -0.843. The number of carbonyl (C=O) groups is 1. The fourth-order valence-electron chi connectivity index (χ4n) is 4.21. The monoisotopic (exact) mass is 476 g/mol. The standard InChI is InChI=1S/C23H24F4N6O/c1-12-6-18(24)19(31-22(34)33-5-4-14(11-33)9-23(25,26)27)8-16(12)17-7-15-10-29-21(28-3)32-20(15)30-13(17)2/h6-8,10,14H,4-5,9,11H2,1-3H3,(H,31,34)(H,28,29,30,32). The van der Waals surface area contributed by atoms with Crippen molar-refractivity contribution in [2.75, 3.05) is 30.8 Å². The van der Waals surface area contributed by atoms with Crippen LogP contribution in [0.4, 0.5) is 34.0 Å². The van der Waals surface area contributed by atoms with Gasteiger partial charge in [-0.3, -0.25) is 0 Å². The predicted molar refractivity (Wildman–Crippen MR) is 121 cm³/mol. The molecule has 34 heavy (non-hydrogen) atoms. The van der Waals surface area contributed by atoms with Crippen molar-refractivity contribution < 1.29 is 22.4 Å². The lowest BCUT2D eigenvalue weighted by Gasteiger charge is -2.19. The molecule has 1 aliphatic heterocycles. The molecular formula is C23H24F4N6O. The van der Waals surface area contributed by atoms with Gasteiger partial charge in [0.2, 0.25) is 5.95 Å². The number of nitrogens with one attached hydrogen (secondary N) is 2. The predicted octanol–water partition coefficient (Wildman–Crippen LogP) is 5.30. The van der Waals surface area contributed by atoms with E-state index in [0.717, 1.165) is 5.56 Å². The molecule has 11 heteroatoms. The lowest BCUT2D eigenvalue weighted by Crippen LogP contribution is -2.33. The van der Waals surface area contributed by atoms with Crippen LogP contribution in [-0.4, -0.2) is 52.2 Å². The minimum Gasteiger partial charge on any atom is -0.357 e. The van der Waals surface area contributed by atoms with E-state index in [2.05, 4.69) is 25.6 Å². The molecule has 2 aromatic heterocycles. The number of halogens is 4. The van der Waals surface area contributed by atoms with Crippen molar-refractivity contribution in [3.05, 3.63) is 41.5 Å². The highest BCUT2D eigenvalue weighted by Gasteiger charge is 2.36. The molecule has 1 fully saturated rings. The number of hydrogen-bond donors (Lipinski definition) is 2. The van der Waals surface area contributed by atoms with Gasteiger partial charge in [-0.1, -0.05) is 0 Å². The normalized spacial score (nSPS) is 16.2. The highest BCUT2D eigenvalue weighted by atomic mass is 19.4. The average molecular weight is 476 g/mol. The second-order valence-corrected chi connectivity index (χ2v) is 8.47.